The summed E-state index contributed by atoms with van der Waals surface area (Å²) < 4.78 is 5.07. The van der Waals surface area contributed by atoms with Crippen LogP contribution in [-0.4, -0.2) is 12.4 Å². The van der Waals surface area contributed by atoms with E-state index in [0.29, 0.717) is 10.8 Å². The summed E-state index contributed by atoms with van der Waals surface area (Å²) in [6.45, 7) is 3.49. The van der Waals surface area contributed by atoms with E-state index in [1.807, 2.05) is 0 Å². The van der Waals surface area contributed by atoms with Gasteiger partial charge >= 0.3 is 0 Å². The van der Waals surface area contributed by atoms with Gasteiger partial charge in [-0.25, -0.2) is 0 Å². The van der Waals surface area contributed by atoms with E-state index in [4.69, 9.17) is 27.9 Å². The second-order valence-electron chi connectivity index (χ2n) is 3.78. The molecule has 0 aliphatic heterocycles. The van der Waals surface area contributed by atoms with Crippen molar-refractivity contribution in [1.82, 2.24) is 0 Å². The van der Waals surface area contributed by atoms with Gasteiger partial charge in [-0.2, -0.15) is 0 Å². The van der Waals surface area contributed by atoms with Gasteiger partial charge in [-0.05, 0) is 49.2 Å². The smallest absolute Gasteiger partial charge is 0.231 e. The molecule has 0 atom stereocenters. The molecule has 0 aromatic heterocycles. The molecule has 0 heterocycles. The van der Waals surface area contributed by atoms with E-state index in [1.54, 1.807) is 39.2 Å². The zero-order valence-electron chi connectivity index (χ0n) is 8.80. The first-order valence-electron chi connectivity index (χ1n) is 4.43. The normalized spacial score (nSPS) is 11.3. The Balaban J connectivity index is 3.25. The minimum atomic E-state index is -0.764. The Labute approximate surface area is 99.1 Å². The molecule has 4 heteroatoms. The van der Waals surface area contributed by atoms with Crippen LogP contribution in [0.4, 0.5) is 0 Å². The zero-order valence-corrected chi connectivity index (χ0v) is 10.3. The van der Waals surface area contributed by atoms with E-state index < -0.39 is 10.7 Å². The highest BCUT2D eigenvalue weighted by atomic mass is 35.5. The molecule has 0 unspecified atom stereocenters. The van der Waals surface area contributed by atoms with Crippen LogP contribution in [0.3, 0.4) is 0 Å². The summed E-state index contributed by atoms with van der Waals surface area (Å²) in [5.74, 6) is 0.614. The monoisotopic (exact) mass is 246 g/mol. The molecule has 0 spiro atoms. The van der Waals surface area contributed by atoms with Crippen LogP contribution in [0.15, 0.2) is 18.2 Å². The molecule has 0 bridgehead atoms. The Morgan fingerprint density at radius 2 is 1.93 bits per heavy atom. The highest BCUT2D eigenvalue weighted by Gasteiger charge is 2.28. The molecule has 82 valence electrons. The molecule has 0 fully saturated rings. The van der Waals surface area contributed by atoms with Crippen molar-refractivity contribution in [2.45, 2.75) is 19.3 Å². The summed E-state index contributed by atoms with van der Waals surface area (Å²) in [6, 6.07) is 5.15. The van der Waals surface area contributed by atoms with E-state index in [-0.39, 0.29) is 0 Å². The number of carbonyl (C=O) groups is 1. The Bertz CT molecular complexity index is 386. The molecule has 2 nitrogen and oxygen atoms in total. The van der Waals surface area contributed by atoms with Crippen molar-refractivity contribution in [2.75, 3.05) is 7.11 Å². The van der Waals surface area contributed by atoms with Gasteiger partial charge in [0.25, 0.3) is 0 Å². The predicted molar refractivity (Wildman–Crippen MR) is 61.9 cm³/mol. The van der Waals surface area contributed by atoms with Crippen LogP contribution in [0, 0.1) is 0 Å². The Morgan fingerprint density at radius 3 is 2.40 bits per heavy atom. The van der Waals surface area contributed by atoms with Crippen LogP contribution < -0.4 is 4.74 Å². The lowest BCUT2D eigenvalue weighted by atomic mass is 9.86. The molecule has 1 rings (SSSR count). The maximum Gasteiger partial charge on any atom is 0.231 e. The largest absolute Gasteiger partial charge is 0.497 e. The Kier molecular flexibility index (Phi) is 3.63. The lowest BCUT2D eigenvalue weighted by Gasteiger charge is -2.21. The zero-order chi connectivity index (χ0) is 11.6. The average Bonchev–Trinajstić information content (AvgIpc) is 2.16. The molecule has 15 heavy (non-hydrogen) atoms. The van der Waals surface area contributed by atoms with Gasteiger partial charge in [-0.1, -0.05) is 11.6 Å². The highest BCUT2D eigenvalue weighted by molar-refractivity contribution is 6.65. The summed E-state index contributed by atoms with van der Waals surface area (Å²) in [7, 11) is 1.55. The SMILES string of the molecule is COc1cc(Cl)cc(C(C)(C)C(=O)Cl)c1. The Hall–Kier alpha value is -0.730. The quantitative estimate of drug-likeness (QED) is 0.765. The number of hydrogen-bond acceptors (Lipinski definition) is 2. The third-order valence-electron chi connectivity index (χ3n) is 2.32. The Morgan fingerprint density at radius 1 is 1.33 bits per heavy atom. The van der Waals surface area contributed by atoms with E-state index >= 15 is 0 Å². The van der Waals surface area contributed by atoms with Crippen molar-refractivity contribution in [2.24, 2.45) is 0 Å². The number of halogens is 2. The number of ether oxygens (including phenoxy) is 1. The number of methoxy groups -OCH3 is 1. The summed E-state index contributed by atoms with van der Waals surface area (Å²) >= 11 is 11.4. The molecule has 0 radical (unpaired) electrons. The molecular weight excluding hydrogens is 235 g/mol. The van der Waals surface area contributed by atoms with Crippen molar-refractivity contribution in [3.05, 3.63) is 28.8 Å². The van der Waals surface area contributed by atoms with Crippen LogP contribution in [0.25, 0.3) is 0 Å². The average molecular weight is 247 g/mol. The fraction of sp³-hybridized carbons (Fsp3) is 0.364. The minimum Gasteiger partial charge on any atom is -0.497 e. The molecule has 0 saturated carbocycles. The summed E-state index contributed by atoms with van der Waals surface area (Å²) in [5.41, 5.74) is -0.0217. The maximum absolute atomic E-state index is 11.3. The van der Waals surface area contributed by atoms with Crippen molar-refractivity contribution < 1.29 is 9.53 Å². The van der Waals surface area contributed by atoms with E-state index in [0.717, 1.165) is 5.56 Å². The van der Waals surface area contributed by atoms with Crippen LogP contribution >= 0.6 is 23.2 Å². The van der Waals surface area contributed by atoms with Crippen LogP contribution in [-0.2, 0) is 10.2 Å². The minimum absolute atomic E-state index is 0.424. The fourth-order valence-electron chi connectivity index (χ4n) is 1.15. The molecule has 0 aliphatic rings. The number of hydrogen-bond donors (Lipinski definition) is 0. The van der Waals surface area contributed by atoms with Gasteiger partial charge in [0.2, 0.25) is 5.24 Å². The second-order valence-corrected chi connectivity index (χ2v) is 4.56. The molecule has 0 aliphatic carbocycles. The fourth-order valence-corrected chi connectivity index (χ4v) is 1.49. The van der Waals surface area contributed by atoms with Crippen LogP contribution in [0.2, 0.25) is 5.02 Å². The van der Waals surface area contributed by atoms with Gasteiger partial charge in [-0.15, -0.1) is 0 Å². The van der Waals surface area contributed by atoms with Crippen molar-refractivity contribution >= 4 is 28.4 Å². The van der Waals surface area contributed by atoms with Gasteiger partial charge < -0.3 is 4.74 Å². The topological polar surface area (TPSA) is 26.3 Å². The summed E-state index contributed by atoms with van der Waals surface area (Å²) in [4.78, 5) is 11.3. The first-order valence-corrected chi connectivity index (χ1v) is 5.18. The van der Waals surface area contributed by atoms with E-state index in [9.17, 15) is 4.79 Å². The lowest BCUT2D eigenvalue weighted by molar-refractivity contribution is -0.115. The molecule has 1 aromatic rings. The third-order valence-corrected chi connectivity index (χ3v) is 3.01. The number of carbonyl (C=O) groups excluding carboxylic acids is 1. The molecule has 0 amide bonds. The second kappa shape index (κ2) is 4.42. The van der Waals surface area contributed by atoms with Gasteiger partial charge in [-0.3, -0.25) is 4.79 Å². The van der Waals surface area contributed by atoms with Crippen LogP contribution in [0.1, 0.15) is 19.4 Å². The van der Waals surface area contributed by atoms with Crippen molar-refractivity contribution in [3.8, 4) is 5.75 Å². The lowest BCUT2D eigenvalue weighted by Crippen LogP contribution is -2.24. The first kappa shape index (κ1) is 12.3. The number of benzene rings is 1. The van der Waals surface area contributed by atoms with Gasteiger partial charge in [0.1, 0.15) is 5.75 Å². The maximum atomic E-state index is 11.3. The first-order chi connectivity index (χ1) is 6.87. The van der Waals surface area contributed by atoms with Crippen LogP contribution in [0.5, 0.6) is 5.75 Å². The standard InChI is InChI=1S/C11H12Cl2O2/c1-11(2,10(13)14)7-4-8(12)6-9(5-7)15-3/h4-6H,1-3H3. The van der Waals surface area contributed by atoms with E-state index in [2.05, 4.69) is 0 Å². The van der Waals surface area contributed by atoms with E-state index in [1.165, 1.54) is 0 Å². The van der Waals surface area contributed by atoms with Gasteiger partial charge in [0.15, 0.2) is 0 Å². The molecule has 0 saturated heterocycles. The van der Waals surface area contributed by atoms with Gasteiger partial charge in [0.05, 0.1) is 12.5 Å². The highest BCUT2D eigenvalue weighted by Crippen LogP contribution is 2.31. The molecular formula is C11H12Cl2O2. The number of rotatable bonds is 3. The van der Waals surface area contributed by atoms with Gasteiger partial charge in [0, 0.05) is 5.02 Å². The third kappa shape index (κ3) is 2.64. The molecule has 0 N–H and O–H groups in total. The summed E-state index contributed by atoms with van der Waals surface area (Å²) in [5, 5.41) is 0.0992. The predicted octanol–water partition coefficient (Wildman–Crippen LogP) is 3.39. The summed E-state index contributed by atoms with van der Waals surface area (Å²) in [6.07, 6.45) is 0. The van der Waals surface area contributed by atoms with Crippen molar-refractivity contribution in [1.29, 1.82) is 0 Å². The van der Waals surface area contributed by atoms with Crippen molar-refractivity contribution in [3.63, 3.8) is 0 Å². The molecule has 1 aromatic carbocycles.